The Labute approximate surface area is 137 Å². The van der Waals surface area contributed by atoms with Crippen molar-refractivity contribution < 1.29 is 14.6 Å². The fraction of sp³-hybridized carbons (Fsp3) is 0.300. The van der Waals surface area contributed by atoms with Crippen LogP contribution in [-0.4, -0.2) is 23.9 Å². The number of hydrogen-bond donors (Lipinski definition) is 1. The number of aliphatic hydroxyl groups excluding tert-OH is 1. The van der Waals surface area contributed by atoms with Gasteiger partial charge in [0.05, 0.1) is 19.3 Å². The molecule has 3 rings (SSSR count). The predicted molar refractivity (Wildman–Crippen MR) is 90.6 cm³/mol. The van der Waals surface area contributed by atoms with Crippen molar-refractivity contribution in [2.45, 2.75) is 31.7 Å². The molecule has 0 spiro atoms. The Hall–Kier alpha value is -2.10. The van der Waals surface area contributed by atoms with Crippen molar-refractivity contribution in [3.63, 3.8) is 0 Å². The standard InChI is InChI=1S/C20H22O3/c21-18-13-19(11-12-22-15-16-7-3-1-4-8-16)23-20(14-18)17-9-5-2-6-10-17/h1-10,14,18-19,21H,11-13,15H2/t18-,19+/m0/s1. The van der Waals surface area contributed by atoms with E-state index < -0.39 is 6.10 Å². The SMILES string of the molecule is O[C@@H]1C=C(c2ccccc2)O[C@H](CCOCc2ccccc2)C1. The highest BCUT2D eigenvalue weighted by Gasteiger charge is 2.22. The molecule has 0 saturated carbocycles. The summed E-state index contributed by atoms with van der Waals surface area (Å²) in [6, 6.07) is 20.0. The van der Waals surface area contributed by atoms with E-state index in [9.17, 15) is 5.11 Å². The second-order valence-corrected chi connectivity index (χ2v) is 5.77. The molecule has 2 atom stereocenters. The molecular formula is C20H22O3. The Morgan fingerprint density at radius 3 is 2.43 bits per heavy atom. The van der Waals surface area contributed by atoms with Crippen LogP contribution in [0.2, 0.25) is 0 Å². The van der Waals surface area contributed by atoms with Gasteiger partial charge in [-0.25, -0.2) is 0 Å². The van der Waals surface area contributed by atoms with E-state index in [0.29, 0.717) is 19.6 Å². The van der Waals surface area contributed by atoms with Gasteiger partial charge in [-0.2, -0.15) is 0 Å². The van der Waals surface area contributed by atoms with E-state index in [1.165, 1.54) is 5.56 Å². The van der Waals surface area contributed by atoms with Gasteiger partial charge in [0.25, 0.3) is 0 Å². The Bertz CT molecular complexity index is 622. The van der Waals surface area contributed by atoms with Gasteiger partial charge in [0.1, 0.15) is 11.9 Å². The molecule has 0 aromatic heterocycles. The molecule has 3 heteroatoms. The van der Waals surface area contributed by atoms with Crippen LogP contribution in [0.25, 0.3) is 5.76 Å². The van der Waals surface area contributed by atoms with Crippen LogP contribution in [0.1, 0.15) is 24.0 Å². The Morgan fingerprint density at radius 2 is 1.70 bits per heavy atom. The van der Waals surface area contributed by atoms with Crippen molar-refractivity contribution in [3.8, 4) is 0 Å². The number of rotatable bonds is 6. The van der Waals surface area contributed by atoms with Crippen LogP contribution < -0.4 is 0 Å². The molecule has 0 unspecified atom stereocenters. The Kier molecular flexibility index (Phi) is 5.46. The first kappa shape index (κ1) is 15.8. The third-order valence-electron chi connectivity index (χ3n) is 3.90. The van der Waals surface area contributed by atoms with E-state index in [-0.39, 0.29) is 6.10 Å². The van der Waals surface area contributed by atoms with Gasteiger partial charge in [-0.05, 0) is 11.6 Å². The molecule has 23 heavy (non-hydrogen) atoms. The van der Waals surface area contributed by atoms with Crippen LogP contribution in [0, 0.1) is 0 Å². The maximum atomic E-state index is 10.0. The molecule has 1 aliphatic heterocycles. The minimum Gasteiger partial charge on any atom is -0.490 e. The second-order valence-electron chi connectivity index (χ2n) is 5.77. The fourth-order valence-electron chi connectivity index (χ4n) is 2.70. The zero-order chi connectivity index (χ0) is 15.9. The molecule has 1 aliphatic rings. The lowest BCUT2D eigenvalue weighted by atomic mass is 10.0. The van der Waals surface area contributed by atoms with Crippen LogP contribution >= 0.6 is 0 Å². The smallest absolute Gasteiger partial charge is 0.125 e. The van der Waals surface area contributed by atoms with Crippen molar-refractivity contribution in [3.05, 3.63) is 77.9 Å². The predicted octanol–water partition coefficient (Wildman–Crippen LogP) is 3.78. The molecule has 0 aliphatic carbocycles. The summed E-state index contributed by atoms with van der Waals surface area (Å²) in [5.74, 6) is 0.761. The molecule has 0 saturated heterocycles. The van der Waals surface area contributed by atoms with E-state index in [1.807, 2.05) is 48.5 Å². The minimum absolute atomic E-state index is 0.0130. The van der Waals surface area contributed by atoms with Crippen molar-refractivity contribution in [1.82, 2.24) is 0 Å². The Balaban J connectivity index is 1.48. The lowest BCUT2D eigenvalue weighted by Gasteiger charge is -2.27. The molecule has 1 heterocycles. The molecule has 0 fully saturated rings. The zero-order valence-corrected chi connectivity index (χ0v) is 13.1. The Morgan fingerprint density at radius 1 is 1.00 bits per heavy atom. The maximum absolute atomic E-state index is 10.0. The van der Waals surface area contributed by atoms with E-state index in [1.54, 1.807) is 6.08 Å². The highest BCUT2D eigenvalue weighted by molar-refractivity contribution is 5.60. The first-order valence-corrected chi connectivity index (χ1v) is 8.05. The number of hydrogen-bond acceptors (Lipinski definition) is 3. The number of aliphatic hydroxyl groups is 1. The molecule has 0 amide bonds. The van der Waals surface area contributed by atoms with Gasteiger partial charge in [-0.3, -0.25) is 0 Å². The molecule has 0 radical (unpaired) electrons. The maximum Gasteiger partial charge on any atom is 0.125 e. The van der Waals surface area contributed by atoms with Gasteiger partial charge in [0, 0.05) is 18.4 Å². The topological polar surface area (TPSA) is 38.7 Å². The summed E-state index contributed by atoms with van der Waals surface area (Å²) in [5, 5.41) is 10.0. The summed E-state index contributed by atoms with van der Waals surface area (Å²) in [4.78, 5) is 0. The quantitative estimate of drug-likeness (QED) is 0.825. The largest absolute Gasteiger partial charge is 0.490 e. The van der Waals surface area contributed by atoms with Gasteiger partial charge >= 0.3 is 0 Å². The normalized spacial score (nSPS) is 20.7. The van der Waals surface area contributed by atoms with Gasteiger partial charge in [0.15, 0.2) is 0 Å². The monoisotopic (exact) mass is 310 g/mol. The van der Waals surface area contributed by atoms with Crippen molar-refractivity contribution in [2.24, 2.45) is 0 Å². The summed E-state index contributed by atoms with van der Waals surface area (Å²) in [6.07, 6.45) is 2.70. The van der Waals surface area contributed by atoms with Crippen LogP contribution in [0.5, 0.6) is 0 Å². The van der Waals surface area contributed by atoms with Gasteiger partial charge in [-0.15, -0.1) is 0 Å². The second kappa shape index (κ2) is 7.95. The molecule has 0 bridgehead atoms. The summed E-state index contributed by atoms with van der Waals surface area (Å²) in [7, 11) is 0. The third kappa shape index (κ3) is 4.68. The average molecular weight is 310 g/mol. The van der Waals surface area contributed by atoms with Crippen molar-refractivity contribution in [2.75, 3.05) is 6.61 Å². The van der Waals surface area contributed by atoms with Gasteiger partial charge < -0.3 is 14.6 Å². The van der Waals surface area contributed by atoms with E-state index in [2.05, 4.69) is 12.1 Å². The number of ether oxygens (including phenoxy) is 2. The molecule has 1 N–H and O–H groups in total. The summed E-state index contributed by atoms with van der Waals surface area (Å²) in [5.41, 5.74) is 2.17. The zero-order valence-electron chi connectivity index (χ0n) is 13.1. The van der Waals surface area contributed by atoms with Crippen molar-refractivity contribution in [1.29, 1.82) is 0 Å². The molecular weight excluding hydrogens is 288 g/mol. The lowest BCUT2D eigenvalue weighted by molar-refractivity contribution is 0.0395. The first-order chi connectivity index (χ1) is 11.3. The van der Waals surface area contributed by atoms with Crippen LogP contribution in [0.4, 0.5) is 0 Å². The van der Waals surface area contributed by atoms with Gasteiger partial charge in [0.2, 0.25) is 0 Å². The highest BCUT2D eigenvalue weighted by atomic mass is 16.5. The van der Waals surface area contributed by atoms with Crippen LogP contribution in [0.15, 0.2) is 66.7 Å². The van der Waals surface area contributed by atoms with Gasteiger partial charge in [-0.1, -0.05) is 60.7 Å². The third-order valence-corrected chi connectivity index (χ3v) is 3.90. The number of benzene rings is 2. The summed E-state index contributed by atoms with van der Waals surface area (Å²) < 4.78 is 11.7. The highest BCUT2D eigenvalue weighted by Crippen LogP contribution is 2.27. The molecule has 2 aromatic carbocycles. The summed E-state index contributed by atoms with van der Waals surface area (Å²) >= 11 is 0. The molecule has 120 valence electrons. The van der Waals surface area contributed by atoms with E-state index in [0.717, 1.165) is 17.7 Å². The molecule has 3 nitrogen and oxygen atoms in total. The lowest BCUT2D eigenvalue weighted by Crippen LogP contribution is -2.25. The summed E-state index contributed by atoms with van der Waals surface area (Å²) in [6.45, 7) is 1.23. The average Bonchev–Trinajstić information content (AvgIpc) is 2.60. The van der Waals surface area contributed by atoms with E-state index >= 15 is 0 Å². The van der Waals surface area contributed by atoms with Crippen LogP contribution in [-0.2, 0) is 16.1 Å². The minimum atomic E-state index is -0.460. The molecule has 2 aromatic rings. The van der Waals surface area contributed by atoms with E-state index in [4.69, 9.17) is 9.47 Å². The first-order valence-electron chi connectivity index (χ1n) is 8.05. The van der Waals surface area contributed by atoms with Crippen molar-refractivity contribution >= 4 is 5.76 Å². The van der Waals surface area contributed by atoms with Crippen LogP contribution in [0.3, 0.4) is 0 Å². The fourth-order valence-corrected chi connectivity index (χ4v) is 2.70.